The standard InChI is InChI=1S/C16H24O/c1-12-9-13(2)11-15(10-12)16(17)14-7-5-3-4-6-8-14/h9-11,14,16-17H,3-8H2,1-2H3. The normalized spacial score (nSPS) is 19.9. The summed E-state index contributed by atoms with van der Waals surface area (Å²) in [7, 11) is 0. The molecule has 1 N–H and O–H groups in total. The number of aliphatic hydroxyl groups is 1. The Kier molecular flexibility index (Phi) is 4.22. The van der Waals surface area contributed by atoms with Crippen LogP contribution in [0.25, 0.3) is 0 Å². The van der Waals surface area contributed by atoms with Gasteiger partial charge in [-0.3, -0.25) is 0 Å². The van der Waals surface area contributed by atoms with E-state index in [0.717, 1.165) is 5.56 Å². The fourth-order valence-corrected chi connectivity index (χ4v) is 3.08. The van der Waals surface area contributed by atoms with E-state index in [4.69, 9.17) is 0 Å². The maximum Gasteiger partial charge on any atom is 0.0818 e. The summed E-state index contributed by atoms with van der Waals surface area (Å²) >= 11 is 0. The quantitative estimate of drug-likeness (QED) is 0.753. The monoisotopic (exact) mass is 232 g/mol. The predicted molar refractivity (Wildman–Crippen MR) is 72.1 cm³/mol. The van der Waals surface area contributed by atoms with Crippen LogP contribution in [0.5, 0.6) is 0 Å². The molecule has 1 aliphatic carbocycles. The molecule has 0 amide bonds. The Morgan fingerprint density at radius 2 is 1.47 bits per heavy atom. The van der Waals surface area contributed by atoms with Crippen LogP contribution in [0.4, 0.5) is 0 Å². The fourth-order valence-electron chi connectivity index (χ4n) is 3.08. The first kappa shape index (κ1) is 12.6. The highest BCUT2D eigenvalue weighted by molar-refractivity contribution is 5.30. The minimum Gasteiger partial charge on any atom is -0.388 e. The summed E-state index contributed by atoms with van der Waals surface area (Å²) in [6, 6.07) is 6.45. The average molecular weight is 232 g/mol. The summed E-state index contributed by atoms with van der Waals surface area (Å²) in [5, 5.41) is 10.5. The van der Waals surface area contributed by atoms with Crippen molar-refractivity contribution in [1.29, 1.82) is 0 Å². The van der Waals surface area contributed by atoms with Gasteiger partial charge in [0.05, 0.1) is 6.10 Å². The summed E-state index contributed by atoms with van der Waals surface area (Å²) in [6.07, 6.45) is 7.37. The highest BCUT2D eigenvalue weighted by Crippen LogP contribution is 2.33. The fraction of sp³-hybridized carbons (Fsp3) is 0.625. The van der Waals surface area contributed by atoms with E-state index in [1.165, 1.54) is 49.7 Å². The predicted octanol–water partition coefficient (Wildman–Crippen LogP) is 4.31. The molecule has 0 aliphatic heterocycles. The highest BCUT2D eigenvalue weighted by Gasteiger charge is 2.22. The van der Waals surface area contributed by atoms with Crippen molar-refractivity contribution in [3.05, 3.63) is 34.9 Å². The summed E-state index contributed by atoms with van der Waals surface area (Å²) in [6.45, 7) is 4.21. The van der Waals surface area contributed by atoms with Gasteiger partial charge in [0.1, 0.15) is 0 Å². The van der Waals surface area contributed by atoms with Crippen LogP contribution < -0.4 is 0 Å². The van der Waals surface area contributed by atoms with Crippen molar-refractivity contribution in [3.63, 3.8) is 0 Å². The molecular weight excluding hydrogens is 208 g/mol. The summed E-state index contributed by atoms with van der Waals surface area (Å²) < 4.78 is 0. The number of rotatable bonds is 2. The van der Waals surface area contributed by atoms with E-state index in [9.17, 15) is 5.11 Å². The van der Waals surface area contributed by atoms with E-state index in [1.807, 2.05) is 0 Å². The van der Waals surface area contributed by atoms with Crippen molar-refractivity contribution in [3.8, 4) is 0 Å². The van der Waals surface area contributed by atoms with Gasteiger partial charge < -0.3 is 5.11 Å². The van der Waals surface area contributed by atoms with Crippen molar-refractivity contribution in [2.45, 2.75) is 58.5 Å². The van der Waals surface area contributed by atoms with Gasteiger partial charge in [-0.25, -0.2) is 0 Å². The van der Waals surface area contributed by atoms with Crippen LogP contribution in [0, 0.1) is 19.8 Å². The van der Waals surface area contributed by atoms with Gasteiger partial charge in [-0.1, -0.05) is 55.0 Å². The van der Waals surface area contributed by atoms with Crippen LogP contribution in [0.15, 0.2) is 18.2 Å². The molecule has 1 nitrogen and oxygen atoms in total. The van der Waals surface area contributed by atoms with Gasteiger partial charge >= 0.3 is 0 Å². The molecule has 0 aromatic heterocycles. The lowest BCUT2D eigenvalue weighted by molar-refractivity contribution is 0.0987. The molecule has 94 valence electrons. The SMILES string of the molecule is Cc1cc(C)cc(C(O)C2CCCCCC2)c1. The third-order valence-corrected chi connectivity index (χ3v) is 3.93. The maximum absolute atomic E-state index is 10.5. The van der Waals surface area contributed by atoms with E-state index in [-0.39, 0.29) is 6.10 Å². The first-order valence-corrected chi connectivity index (χ1v) is 6.93. The van der Waals surface area contributed by atoms with Crippen LogP contribution in [-0.4, -0.2) is 5.11 Å². The second kappa shape index (κ2) is 5.68. The van der Waals surface area contributed by atoms with Crippen molar-refractivity contribution in [2.75, 3.05) is 0 Å². The van der Waals surface area contributed by atoms with Crippen LogP contribution >= 0.6 is 0 Å². The number of aryl methyl sites for hydroxylation is 2. The minimum absolute atomic E-state index is 0.258. The lowest BCUT2D eigenvalue weighted by Gasteiger charge is -2.22. The van der Waals surface area contributed by atoms with E-state index < -0.39 is 0 Å². The molecular formula is C16H24O. The zero-order chi connectivity index (χ0) is 12.3. The Bertz CT molecular complexity index is 342. The Hall–Kier alpha value is -0.820. The third-order valence-electron chi connectivity index (χ3n) is 3.93. The molecule has 1 heteroatoms. The van der Waals surface area contributed by atoms with Crippen LogP contribution in [0.2, 0.25) is 0 Å². The van der Waals surface area contributed by atoms with Gasteiger partial charge in [-0.15, -0.1) is 0 Å². The van der Waals surface area contributed by atoms with Gasteiger partial charge in [0, 0.05) is 0 Å². The minimum atomic E-state index is -0.258. The Labute approximate surface area is 105 Å². The van der Waals surface area contributed by atoms with Crippen LogP contribution in [0.1, 0.15) is 61.3 Å². The molecule has 1 fully saturated rings. The van der Waals surface area contributed by atoms with Gasteiger partial charge in [-0.2, -0.15) is 0 Å². The van der Waals surface area contributed by atoms with Crippen LogP contribution in [-0.2, 0) is 0 Å². The number of hydrogen-bond acceptors (Lipinski definition) is 1. The zero-order valence-electron chi connectivity index (χ0n) is 11.1. The molecule has 2 rings (SSSR count). The van der Waals surface area contributed by atoms with E-state index in [0.29, 0.717) is 5.92 Å². The molecule has 1 aromatic rings. The largest absolute Gasteiger partial charge is 0.388 e. The van der Waals surface area contributed by atoms with Gasteiger partial charge in [0.2, 0.25) is 0 Å². The lowest BCUT2D eigenvalue weighted by Crippen LogP contribution is -2.12. The first-order chi connectivity index (χ1) is 8.16. The second-order valence-corrected chi connectivity index (χ2v) is 5.62. The summed E-state index contributed by atoms with van der Waals surface area (Å²) in [4.78, 5) is 0. The van der Waals surface area contributed by atoms with Gasteiger partial charge in [0.15, 0.2) is 0 Å². The molecule has 0 saturated heterocycles. The average Bonchev–Trinajstić information content (AvgIpc) is 2.55. The Balaban J connectivity index is 2.14. The molecule has 1 saturated carbocycles. The molecule has 1 aliphatic rings. The third kappa shape index (κ3) is 3.32. The molecule has 0 radical (unpaired) electrons. The summed E-state index contributed by atoms with van der Waals surface area (Å²) in [5.41, 5.74) is 3.63. The molecule has 17 heavy (non-hydrogen) atoms. The Morgan fingerprint density at radius 3 is 2.00 bits per heavy atom. The molecule has 1 aromatic carbocycles. The van der Waals surface area contributed by atoms with E-state index >= 15 is 0 Å². The van der Waals surface area contributed by atoms with Crippen molar-refractivity contribution in [1.82, 2.24) is 0 Å². The number of aliphatic hydroxyl groups excluding tert-OH is 1. The van der Waals surface area contributed by atoms with Gasteiger partial charge in [0.25, 0.3) is 0 Å². The first-order valence-electron chi connectivity index (χ1n) is 6.93. The van der Waals surface area contributed by atoms with Crippen molar-refractivity contribution >= 4 is 0 Å². The molecule has 0 spiro atoms. The lowest BCUT2D eigenvalue weighted by atomic mass is 9.88. The molecule has 1 unspecified atom stereocenters. The maximum atomic E-state index is 10.5. The van der Waals surface area contributed by atoms with Crippen LogP contribution in [0.3, 0.4) is 0 Å². The molecule has 0 bridgehead atoms. The zero-order valence-corrected chi connectivity index (χ0v) is 11.1. The topological polar surface area (TPSA) is 20.2 Å². The van der Waals surface area contributed by atoms with Crippen molar-refractivity contribution < 1.29 is 5.11 Å². The van der Waals surface area contributed by atoms with E-state index in [1.54, 1.807) is 0 Å². The van der Waals surface area contributed by atoms with Gasteiger partial charge in [-0.05, 0) is 38.2 Å². The summed E-state index contributed by atoms with van der Waals surface area (Å²) in [5.74, 6) is 0.471. The number of benzene rings is 1. The van der Waals surface area contributed by atoms with E-state index in [2.05, 4.69) is 32.0 Å². The smallest absolute Gasteiger partial charge is 0.0818 e. The molecule has 1 atom stereocenters. The number of hydrogen-bond donors (Lipinski definition) is 1. The highest BCUT2D eigenvalue weighted by atomic mass is 16.3. The van der Waals surface area contributed by atoms with Crippen molar-refractivity contribution in [2.24, 2.45) is 5.92 Å². The second-order valence-electron chi connectivity index (χ2n) is 5.62. The molecule has 0 heterocycles. The Morgan fingerprint density at radius 1 is 0.941 bits per heavy atom.